The Bertz CT molecular complexity index is 165. The Morgan fingerprint density at radius 2 is 1.19 bits per heavy atom. The Balaban J connectivity index is 3.10. The number of hydrogen-bond acceptors (Lipinski definition) is 0. The number of hydrogen-bond donors (Lipinski definition) is 0. The second-order valence-corrected chi connectivity index (χ2v) is 4.37. The molecule has 0 aromatic heterocycles. The first-order valence-corrected chi connectivity index (χ1v) is 7.01. The molecule has 0 saturated heterocycles. The Labute approximate surface area is 103 Å². The lowest BCUT2D eigenvalue weighted by Gasteiger charge is -1.93. The van der Waals surface area contributed by atoms with Crippen molar-refractivity contribution in [3.63, 3.8) is 0 Å². The van der Waals surface area contributed by atoms with Crippen LogP contribution in [0.5, 0.6) is 0 Å². The van der Waals surface area contributed by atoms with Gasteiger partial charge in [-0.15, -0.1) is 0 Å². The molecule has 0 N–H and O–H groups in total. The van der Waals surface area contributed by atoms with Crippen LogP contribution in [0, 0.1) is 6.92 Å². The minimum Gasteiger partial charge on any atom is -0.0885 e. The highest BCUT2D eigenvalue weighted by Gasteiger charge is 1.83. The molecular formula is C16H29. The number of unbranched alkanes of at least 4 members (excludes halogenated alkanes) is 7. The molecule has 0 aliphatic heterocycles. The molecule has 0 heteroatoms. The van der Waals surface area contributed by atoms with Gasteiger partial charge in [0.25, 0.3) is 0 Å². The van der Waals surface area contributed by atoms with Crippen LogP contribution in [0.2, 0.25) is 0 Å². The molecule has 0 heterocycles. The van der Waals surface area contributed by atoms with Gasteiger partial charge in [0.05, 0.1) is 0 Å². The van der Waals surface area contributed by atoms with E-state index < -0.39 is 0 Å². The zero-order valence-electron chi connectivity index (χ0n) is 11.1. The Morgan fingerprint density at radius 3 is 1.69 bits per heavy atom. The van der Waals surface area contributed by atoms with E-state index in [1.54, 1.807) is 0 Å². The largest absolute Gasteiger partial charge is 0.0885 e. The highest BCUT2D eigenvalue weighted by atomic mass is 13.9. The number of allylic oxidation sites excluding steroid dienone is 4. The summed E-state index contributed by atoms with van der Waals surface area (Å²) in [6.07, 6.45) is 21.9. The Hall–Kier alpha value is -0.520. The van der Waals surface area contributed by atoms with Crippen molar-refractivity contribution in [1.29, 1.82) is 0 Å². The lowest BCUT2D eigenvalue weighted by atomic mass is 10.1. The van der Waals surface area contributed by atoms with Crippen LogP contribution in [0.4, 0.5) is 0 Å². The van der Waals surface area contributed by atoms with E-state index in [9.17, 15) is 0 Å². The summed E-state index contributed by atoms with van der Waals surface area (Å²) in [4.78, 5) is 0. The molecular weight excluding hydrogens is 192 g/mol. The Kier molecular flexibility index (Phi) is 14.0. The van der Waals surface area contributed by atoms with Crippen molar-refractivity contribution in [1.82, 2.24) is 0 Å². The van der Waals surface area contributed by atoms with E-state index >= 15 is 0 Å². The van der Waals surface area contributed by atoms with E-state index in [0.29, 0.717) is 0 Å². The maximum atomic E-state index is 3.84. The third-order valence-corrected chi connectivity index (χ3v) is 2.67. The minimum atomic E-state index is 1.08. The molecule has 0 aromatic rings. The van der Waals surface area contributed by atoms with Crippen LogP contribution in [0.25, 0.3) is 0 Å². The van der Waals surface area contributed by atoms with Gasteiger partial charge in [-0.05, 0) is 38.5 Å². The zero-order valence-corrected chi connectivity index (χ0v) is 11.1. The van der Waals surface area contributed by atoms with E-state index in [1.165, 1.54) is 57.8 Å². The van der Waals surface area contributed by atoms with E-state index in [0.717, 1.165) is 6.42 Å². The first-order valence-electron chi connectivity index (χ1n) is 7.01. The lowest BCUT2D eigenvalue weighted by molar-refractivity contribution is 0.756. The monoisotopic (exact) mass is 221 g/mol. The van der Waals surface area contributed by atoms with Crippen molar-refractivity contribution in [2.24, 2.45) is 0 Å². The van der Waals surface area contributed by atoms with Crippen molar-refractivity contribution < 1.29 is 0 Å². The predicted molar refractivity (Wildman–Crippen MR) is 75.5 cm³/mol. The van der Waals surface area contributed by atoms with E-state index in [1.807, 2.05) is 0 Å². The van der Waals surface area contributed by atoms with Gasteiger partial charge < -0.3 is 0 Å². The van der Waals surface area contributed by atoms with Crippen molar-refractivity contribution >= 4 is 0 Å². The first kappa shape index (κ1) is 15.5. The molecule has 0 nitrogen and oxygen atoms in total. The van der Waals surface area contributed by atoms with Crippen LogP contribution in [-0.4, -0.2) is 0 Å². The molecule has 0 rings (SSSR count). The number of rotatable bonds is 11. The molecule has 0 fully saturated rings. The standard InChI is InChI=1S/C16H29/c1-3-5-7-9-11-13-15-16-14-12-10-8-6-4-2/h10-13H,1,3-9,14-16H2,2H3/b12-10-,13-11+. The molecule has 16 heavy (non-hydrogen) atoms. The van der Waals surface area contributed by atoms with E-state index in [-0.39, 0.29) is 0 Å². The minimum absolute atomic E-state index is 1.08. The summed E-state index contributed by atoms with van der Waals surface area (Å²) in [5.74, 6) is 0. The van der Waals surface area contributed by atoms with Gasteiger partial charge in [-0.3, -0.25) is 0 Å². The van der Waals surface area contributed by atoms with Crippen LogP contribution in [0.15, 0.2) is 24.3 Å². The van der Waals surface area contributed by atoms with E-state index in [2.05, 4.69) is 38.2 Å². The third kappa shape index (κ3) is 13.5. The van der Waals surface area contributed by atoms with Gasteiger partial charge in [0.15, 0.2) is 0 Å². The predicted octanol–water partition coefficient (Wildman–Crippen LogP) is 5.85. The maximum Gasteiger partial charge on any atom is -0.0348 e. The fourth-order valence-corrected chi connectivity index (χ4v) is 1.59. The van der Waals surface area contributed by atoms with E-state index in [4.69, 9.17) is 0 Å². The van der Waals surface area contributed by atoms with Gasteiger partial charge in [0.2, 0.25) is 0 Å². The third-order valence-electron chi connectivity index (χ3n) is 2.67. The van der Waals surface area contributed by atoms with Crippen LogP contribution in [0.3, 0.4) is 0 Å². The van der Waals surface area contributed by atoms with Crippen LogP contribution < -0.4 is 0 Å². The summed E-state index contributed by atoms with van der Waals surface area (Å²) >= 11 is 0. The van der Waals surface area contributed by atoms with Gasteiger partial charge in [0.1, 0.15) is 0 Å². The second-order valence-electron chi connectivity index (χ2n) is 4.37. The molecule has 0 saturated carbocycles. The van der Waals surface area contributed by atoms with Crippen LogP contribution >= 0.6 is 0 Å². The molecule has 0 aliphatic carbocycles. The van der Waals surface area contributed by atoms with Gasteiger partial charge in [-0.1, -0.05) is 63.8 Å². The lowest BCUT2D eigenvalue weighted by Crippen LogP contribution is -1.73. The van der Waals surface area contributed by atoms with Crippen LogP contribution in [0.1, 0.15) is 71.1 Å². The second kappa shape index (κ2) is 14.5. The highest BCUT2D eigenvalue weighted by Crippen LogP contribution is 2.03. The fourth-order valence-electron chi connectivity index (χ4n) is 1.59. The van der Waals surface area contributed by atoms with Crippen LogP contribution in [-0.2, 0) is 0 Å². The van der Waals surface area contributed by atoms with Crippen molar-refractivity contribution in [3.05, 3.63) is 31.2 Å². The summed E-state index contributed by atoms with van der Waals surface area (Å²) in [5, 5.41) is 0. The molecule has 0 bridgehead atoms. The summed E-state index contributed by atoms with van der Waals surface area (Å²) in [7, 11) is 0. The topological polar surface area (TPSA) is 0 Å². The summed E-state index contributed by atoms with van der Waals surface area (Å²) in [6.45, 7) is 6.09. The van der Waals surface area contributed by atoms with Gasteiger partial charge in [0, 0.05) is 0 Å². The Morgan fingerprint density at radius 1 is 0.688 bits per heavy atom. The van der Waals surface area contributed by atoms with Gasteiger partial charge >= 0.3 is 0 Å². The quantitative estimate of drug-likeness (QED) is 0.303. The van der Waals surface area contributed by atoms with Crippen molar-refractivity contribution in [2.45, 2.75) is 71.1 Å². The van der Waals surface area contributed by atoms with Gasteiger partial charge in [-0.2, -0.15) is 0 Å². The van der Waals surface area contributed by atoms with Gasteiger partial charge in [-0.25, -0.2) is 0 Å². The molecule has 1 radical (unpaired) electrons. The highest BCUT2D eigenvalue weighted by molar-refractivity contribution is 4.85. The molecule has 0 unspecified atom stereocenters. The normalized spacial score (nSPS) is 11.9. The average molecular weight is 221 g/mol. The molecule has 0 aromatic carbocycles. The summed E-state index contributed by atoms with van der Waals surface area (Å²) in [5.41, 5.74) is 0. The molecule has 0 atom stereocenters. The molecule has 0 amide bonds. The smallest absolute Gasteiger partial charge is 0.0348 e. The fraction of sp³-hybridized carbons (Fsp3) is 0.688. The summed E-state index contributed by atoms with van der Waals surface area (Å²) < 4.78 is 0. The molecule has 0 spiro atoms. The maximum absolute atomic E-state index is 3.84. The zero-order chi connectivity index (χ0) is 11.9. The summed E-state index contributed by atoms with van der Waals surface area (Å²) in [6, 6.07) is 0. The first-order chi connectivity index (χ1) is 7.91. The molecule has 0 aliphatic rings. The SMILES string of the molecule is [CH2]CCCC/C=C/CCC/C=C\CCCC. The average Bonchev–Trinajstić information content (AvgIpc) is 2.31. The van der Waals surface area contributed by atoms with Crippen molar-refractivity contribution in [2.75, 3.05) is 0 Å². The molecule has 93 valence electrons. The van der Waals surface area contributed by atoms with Crippen molar-refractivity contribution in [3.8, 4) is 0 Å².